The molecule has 1 fully saturated rings. The maximum absolute atomic E-state index is 13.2. The molecule has 0 spiro atoms. The minimum atomic E-state index is -0.252. The molecule has 1 saturated heterocycles. The molecule has 0 atom stereocenters. The molecule has 0 radical (unpaired) electrons. The number of benzene rings is 1. The SMILES string of the molecule is CCCCCCCCCCCCCCCCOC[N+]1(CCOC(=O)CCc2cc(C(C)(C)C)c([O-])c(C(C)(C)C)c2)CCOCC1. The van der Waals surface area contributed by atoms with Crippen molar-refractivity contribution in [3.05, 3.63) is 28.8 Å². The van der Waals surface area contributed by atoms with Crippen LogP contribution in [0.1, 0.15) is 161 Å². The van der Waals surface area contributed by atoms with Crippen molar-refractivity contribution in [2.24, 2.45) is 0 Å². The van der Waals surface area contributed by atoms with Crippen LogP contribution in [-0.4, -0.2) is 63.2 Å². The summed E-state index contributed by atoms with van der Waals surface area (Å²) < 4.78 is 18.4. The zero-order valence-electron chi connectivity index (χ0n) is 31.1. The van der Waals surface area contributed by atoms with E-state index in [1.54, 1.807) is 0 Å². The first-order valence-corrected chi connectivity index (χ1v) is 18.9. The monoisotopic (exact) mass is 646 g/mol. The molecule has 0 amide bonds. The number of carbonyl (C=O) groups is 1. The van der Waals surface area contributed by atoms with E-state index in [2.05, 4.69) is 48.5 Å². The average molecular weight is 646 g/mol. The first-order chi connectivity index (χ1) is 21.9. The molecular formula is C40H71NO5. The lowest BCUT2D eigenvalue weighted by Gasteiger charge is -2.40. The molecule has 1 heterocycles. The molecule has 0 N–H and O–H groups in total. The van der Waals surface area contributed by atoms with Crippen LogP contribution in [0, 0.1) is 0 Å². The second-order valence-corrected chi connectivity index (χ2v) is 16.0. The van der Waals surface area contributed by atoms with Gasteiger partial charge in [0.15, 0.2) is 6.73 Å². The summed E-state index contributed by atoms with van der Waals surface area (Å²) in [5.74, 6) is -0.0621. The summed E-state index contributed by atoms with van der Waals surface area (Å²) in [5, 5.41) is 13.2. The van der Waals surface area contributed by atoms with Crippen LogP contribution in [0.2, 0.25) is 0 Å². The number of morpholine rings is 1. The van der Waals surface area contributed by atoms with Gasteiger partial charge in [-0.2, -0.15) is 0 Å². The van der Waals surface area contributed by atoms with E-state index in [-0.39, 0.29) is 22.5 Å². The Morgan fingerprint density at radius 2 is 1.24 bits per heavy atom. The van der Waals surface area contributed by atoms with Gasteiger partial charge in [-0.25, -0.2) is 0 Å². The van der Waals surface area contributed by atoms with Gasteiger partial charge in [-0.05, 0) is 40.4 Å². The van der Waals surface area contributed by atoms with Gasteiger partial charge in [-0.1, -0.05) is 144 Å². The van der Waals surface area contributed by atoms with E-state index in [0.717, 1.165) is 67.0 Å². The molecule has 1 aliphatic rings. The smallest absolute Gasteiger partial charge is 0.306 e. The van der Waals surface area contributed by atoms with Crippen LogP contribution in [0.5, 0.6) is 5.75 Å². The third-order valence-corrected chi connectivity index (χ3v) is 9.64. The Bertz CT molecular complexity index is 936. The molecule has 266 valence electrons. The lowest BCUT2D eigenvalue weighted by atomic mass is 9.78. The van der Waals surface area contributed by atoms with Crippen LogP contribution < -0.4 is 5.11 Å². The van der Waals surface area contributed by atoms with Gasteiger partial charge in [0.05, 0.1) is 19.8 Å². The second-order valence-electron chi connectivity index (χ2n) is 16.0. The Balaban J connectivity index is 1.65. The maximum atomic E-state index is 13.2. The normalized spacial score (nSPS) is 15.3. The van der Waals surface area contributed by atoms with Gasteiger partial charge in [0.2, 0.25) is 0 Å². The van der Waals surface area contributed by atoms with E-state index in [4.69, 9.17) is 14.2 Å². The van der Waals surface area contributed by atoms with Crippen molar-refractivity contribution in [2.75, 3.05) is 52.8 Å². The van der Waals surface area contributed by atoms with Crippen molar-refractivity contribution >= 4 is 5.97 Å². The van der Waals surface area contributed by atoms with Gasteiger partial charge >= 0.3 is 5.97 Å². The third kappa shape index (κ3) is 16.0. The molecular weight excluding hydrogens is 574 g/mol. The van der Waals surface area contributed by atoms with Gasteiger partial charge in [0.25, 0.3) is 0 Å². The number of unbranched alkanes of at least 4 members (excludes halogenated alkanes) is 13. The summed E-state index contributed by atoms with van der Waals surface area (Å²) in [6, 6.07) is 3.99. The Morgan fingerprint density at radius 3 is 1.72 bits per heavy atom. The molecule has 2 rings (SSSR count). The lowest BCUT2D eigenvalue weighted by molar-refractivity contribution is -0.952. The highest BCUT2D eigenvalue weighted by Gasteiger charge is 2.31. The van der Waals surface area contributed by atoms with Crippen LogP contribution in [0.25, 0.3) is 0 Å². The summed E-state index contributed by atoms with van der Waals surface area (Å²) in [5.41, 5.74) is 2.16. The number of esters is 1. The number of hydrogen-bond acceptors (Lipinski definition) is 5. The fourth-order valence-corrected chi connectivity index (χ4v) is 6.42. The quantitative estimate of drug-likeness (QED) is 0.0675. The van der Waals surface area contributed by atoms with Gasteiger partial charge in [0, 0.05) is 6.42 Å². The summed E-state index contributed by atoms with van der Waals surface area (Å²) >= 11 is 0. The highest BCUT2D eigenvalue weighted by atomic mass is 16.5. The number of hydrogen-bond donors (Lipinski definition) is 0. The molecule has 0 aromatic heterocycles. The molecule has 1 aromatic rings. The van der Waals surface area contributed by atoms with E-state index < -0.39 is 0 Å². The fourth-order valence-electron chi connectivity index (χ4n) is 6.42. The Hall–Kier alpha value is -1.63. The van der Waals surface area contributed by atoms with Crippen LogP contribution in [-0.2, 0) is 36.3 Å². The molecule has 6 nitrogen and oxygen atoms in total. The van der Waals surface area contributed by atoms with Crippen LogP contribution in [0.3, 0.4) is 0 Å². The van der Waals surface area contributed by atoms with E-state index >= 15 is 0 Å². The predicted octanol–water partition coefficient (Wildman–Crippen LogP) is 9.13. The lowest BCUT2D eigenvalue weighted by Crippen LogP contribution is -2.57. The summed E-state index contributed by atoms with van der Waals surface area (Å²) in [6.45, 7) is 20.5. The van der Waals surface area contributed by atoms with Crippen molar-refractivity contribution in [3.63, 3.8) is 0 Å². The molecule has 0 aliphatic carbocycles. The van der Waals surface area contributed by atoms with E-state index in [9.17, 15) is 9.90 Å². The predicted molar refractivity (Wildman–Crippen MR) is 189 cm³/mol. The maximum Gasteiger partial charge on any atom is 0.306 e. The zero-order valence-corrected chi connectivity index (χ0v) is 31.1. The Labute approximate surface area is 283 Å². The molecule has 1 aliphatic heterocycles. The number of rotatable bonds is 23. The van der Waals surface area contributed by atoms with Crippen molar-refractivity contribution < 1.29 is 28.6 Å². The number of nitrogens with zero attached hydrogens (tertiary/aromatic N) is 1. The standard InChI is InChI=1S/C40H71NO5/c1-8-9-10-11-12-13-14-15-16-17-18-19-20-21-27-45-33-41(24-28-44-29-25-41)26-30-46-37(42)23-22-34-31-35(39(2,3)4)38(43)36(32-34)40(5,6)7/h31-32H,8-30,33H2,1-7H3. The molecule has 0 unspecified atom stereocenters. The zero-order chi connectivity index (χ0) is 33.9. The molecule has 0 bridgehead atoms. The van der Waals surface area contributed by atoms with Crippen molar-refractivity contribution in [2.45, 2.75) is 162 Å². The molecule has 6 heteroatoms. The largest absolute Gasteiger partial charge is 0.872 e. The van der Waals surface area contributed by atoms with Gasteiger partial charge in [-0.3, -0.25) is 9.28 Å². The van der Waals surface area contributed by atoms with Crippen molar-refractivity contribution in [3.8, 4) is 5.75 Å². The molecule has 1 aromatic carbocycles. The minimum absolute atomic E-state index is 0.123. The van der Waals surface area contributed by atoms with Crippen molar-refractivity contribution in [1.29, 1.82) is 0 Å². The summed E-state index contributed by atoms with van der Waals surface area (Å²) in [7, 11) is 0. The fraction of sp³-hybridized carbons (Fsp3) is 0.825. The summed E-state index contributed by atoms with van der Waals surface area (Å²) in [4.78, 5) is 12.8. The first kappa shape index (κ1) is 40.5. The Morgan fingerprint density at radius 1 is 0.761 bits per heavy atom. The summed E-state index contributed by atoms with van der Waals surface area (Å²) in [6.07, 6.45) is 19.9. The second kappa shape index (κ2) is 21.4. The van der Waals surface area contributed by atoms with E-state index in [1.807, 2.05) is 12.1 Å². The number of quaternary nitrogens is 1. The number of aryl methyl sites for hydroxylation is 1. The Kier molecular flexibility index (Phi) is 18.8. The highest BCUT2D eigenvalue weighted by molar-refractivity contribution is 5.69. The van der Waals surface area contributed by atoms with Crippen LogP contribution >= 0.6 is 0 Å². The van der Waals surface area contributed by atoms with Gasteiger partial charge in [0.1, 0.15) is 26.2 Å². The van der Waals surface area contributed by atoms with E-state index in [0.29, 0.717) is 26.2 Å². The van der Waals surface area contributed by atoms with Gasteiger partial charge in [-0.15, -0.1) is 5.75 Å². The van der Waals surface area contributed by atoms with Crippen LogP contribution in [0.15, 0.2) is 12.1 Å². The topological polar surface area (TPSA) is 67.8 Å². The first-order valence-electron chi connectivity index (χ1n) is 18.9. The van der Waals surface area contributed by atoms with Crippen LogP contribution in [0.4, 0.5) is 0 Å². The highest BCUT2D eigenvalue weighted by Crippen LogP contribution is 2.38. The molecule has 46 heavy (non-hydrogen) atoms. The van der Waals surface area contributed by atoms with Gasteiger partial charge < -0.3 is 19.3 Å². The number of ether oxygens (including phenoxy) is 3. The average Bonchev–Trinajstić information content (AvgIpc) is 2.99. The van der Waals surface area contributed by atoms with E-state index in [1.165, 1.54) is 83.5 Å². The minimum Gasteiger partial charge on any atom is -0.872 e. The third-order valence-electron chi connectivity index (χ3n) is 9.64. The number of carbonyl (C=O) groups excluding carboxylic acids is 1. The van der Waals surface area contributed by atoms with Crippen molar-refractivity contribution in [1.82, 2.24) is 0 Å². The molecule has 0 saturated carbocycles.